The van der Waals surface area contributed by atoms with E-state index in [9.17, 15) is 9.59 Å². The van der Waals surface area contributed by atoms with Crippen molar-refractivity contribution < 1.29 is 9.59 Å². The number of amides is 2. The molecule has 0 spiro atoms. The fourth-order valence-electron chi connectivity index (χ4n) is 1.73. The Morgan fingerprint density at radius 3 is 2.76 bits per heavy atom. The summed E-state index contributed by atoms with van der Waals surface area (Å²) in [6, 6.07) is 9.36. The van der Waals surface area contributed by atoms with Gasteiger partial charge in [-0.2, -0.15) is 0 Å². The first-order valence-electron chi connectivity index (χ1n) is 5.62. The molecule has 1 aromatic rings. The molecule has 2 rings (SSSR count). The minimum absolute atomic E-state index is 0.0618. The lowest BCUT2D eigenvalue weighted by Crippen LogP contribution is -2.47. The lowest BCUT2D eigenvalue weighted by Gasteiger charge is -2.11. The summed E-state index contributed by atoms with van der Waals surface area (Å²) in [7, 11) is 0. The highest BCUT2D eigenvalue weighted by molar-refractivity contribution is 5.90. The van der Waals surface area contributed by atoms with E-state index < -0.39 is 6.04 Å². The van der Waals surface area contributed by atoms with Crippen LogP contribution >= 0.6 is 0 Å². The Morgan fingerprint density at radius 2 is 2.12 bits per heavy atom. The van der Waals surface area contributed by atoms with Crippen molar-refractivity contribution in [1.29, 1.82) is 0 Å². The summed E-state index contributed by atoms with van der Waals surface area (Å²) >= 11 is 0. The predicted octanol–water partition coefficient (Wildman–Crippen LogP) is 0.0860. The lowest BCUT2D eigenvalue weighted by atomic mass is 10.2. The van der Waals surface area contributed by atoms with Crippen LogP contribution in [-0.2, 0) is 16.1 Å². The maximum atomic E-state index is 11.6. The first-order chi connectivity index (χ1) is 8.25. The van der Waals surface area contributed by atoms with Crippen molar-refractivity contribution in [2.75, 3.05) is 0 Å². The lowest BCUT2D eigenvalue weighted by molar-refractivity contribution is -0.126. The highest BCUT2D eigenvalue weighted by atomic mass is 16.2. The van der Waals surface area contributed by atoms with Crippen molar-refractivity contribution in [3.8, 4) is 0 Å². The molecule has 0 bridgehead atoms. The standard InChI is InChI=1S/C12H15N3O2/c16-11-7-6-10(14-11)12(17)15-13-8-9-4-2-1-3-5-9/h1-5,10,13H,6-8H2,(H,14,16)(H,15,17). The highest BCUT2D eigenvalue weighted by Crippen LogP contribution is 2.05. The molecule has 0 aromatic heterocycles. The Morgan fingerprint density at radius 1 is 1.35 bits per heavy atom. The van der Waals surface area contributed by atoms with E-state index >= 15 is 0 Å². The van der Waals surface area contributed by atoms with Gasteiger partial charge in [-0.1, -0.05) is 30.3 Å². The molecule has 1 aliphatic rings. The topological polar surface area (TPSA) is 70.2 Å². The summed E-state index contributed by atoms with van der Waals surface area (Å²) in [5.41, 5.74) is 6.52. The largest absolute Gasteiger partial charge is 0.344 e. The maximum Gasteiger partial charge on any atom is 0.256 e. The van der Waals surface area contributed by atoms with E-state index in [2.05, 4.69) is 16.2 Å². The van der Waals surface area contributed by atoms with E-state index in [-0.39, 0.29) is 11.8 Å². The average Bonchev–Trinajstić information content (AvgIpc) is 2.77. The fourth-order valence-corrected chi connectivity index (χ4v) is 1.73. The Labute approximate surface area is 99.6 Å². The first-order valence-corrected chi connectivity index (χ1v) is 5.62. The van der Waals surface area contributed by atoms with Gasteiger partial charge in [-0.15, -0.1) is 0 Å². The predicted molar refractivity (Wildman–Crippen MR) is 62.6 cm³/mol. The van der Waals surface area contributed by atoms with Crippen LogP contribution in [0, 0.1) is 0 Å². The third kappa shape index (κ3) is 3.29. The Hall–Kier alpha value is -1.88. The third-order valence-electron chi connectivity index (χ3n) is 2.66. The monoisotopic (exact) mass is 233 g/mol. The van der Waals surface area contributed by atoms with E-state index in [0.717, 1.165) is 5.56 Å². The van der Waals surface area contributed by atoms with Gasteiger partial charge in [-0.05, 0) is 12.0 Å². The SMILES string of the molecule is O=C1CCC(C(=O)NNCc2ccccc2)N1. The number of hydrogen-bond donors (Lipinski definition) is 3. The van der Waals surface area contributed by atoms with Crippen LogP contribution in [0.4, 0.5) is 0 Å². The van der Waals surface area contributed by atoms with Gasteiger partial charge in [-0.25, -0.2) is 5.43 Å². The number of benzene rings is 1. The molecule has 1 saturated heterocycles. The van der Waals surface area contributed by atoms with Gasteiger partial charge >= 0.3 is 0 Å². The quantitative estimate of drug-likeness (QED) is 0.645. The molecule has 2 amide bonds. The van der Waals surface area contributed by atoms with Crippen LogP contribution in [0.2, 0.25) is 0 Å². The molecule has 1 aliphatic heterocycles. The van der Waals surface area contributed by atoms with E-state index in [0.29, 0.717) is 19.4 Å². The first kappa shape index (κ1) is 11.6. The summed E-state index contributed by atoms with van der Waals surface area (Å²) < 4.78 is 0. The van der Waals surface area contributed by atoms with Gasteiger partial charge in [0.25, 0.3) is 5.91 Å². The second-order valence-corrected chi connectivity index (χ2v) is 3.99. The zero-order valence-corrected chi connectivity index (χ0v) is 9.40. The minimum Gasteiger partial charge on any atom is -0.344 e. The van der Waals surface area contributed by atoms with Crippen LogP contribution in [0.5, 0.6) is 0 Å². The number of hydrazine groups is 1. The van der Waals surface area contributed by atoms with Crippen molar-refractivity contribution in [3.63, 3.8) is 0 Å². The zero-order valence-electron chi connectivity index (χ0n) is 9.40. The Balaban J connectivity index is 1.72. The van der Waals surface area contributed by atoms with E-state index in [1.54, 1.807) is 0 Å². The number of rotatable bonds is 4. The molecule has 5 nitrogen and oxygen atoms in total. The van der Waals surface area contributed by atoms with Gasteiger partial charge in [0.2, 0.25) is 5.91 Å². The van der Waals surface area contributed by atoms with Crippen LogP contribution in [0.25, 0.3) is 0 Å². The smallest absolute Gasteiger partial charge is 0.256 e. The van der Waals surface area contributed by atoms with E-state index in [1.165, 1.54) is 0 Å². The molecule has 5 heteroatoms. The molecule has 0 saturated carbocycles. The van der Waals surface area contributed by atoms with Crippen molar-refractivity contribution in [1.82, 2.24) is 16.2 Å². The number of carbonyl (C=O) groups excluding carboxylic acids is 2. The summed E-state index contributed by atoms with van der Waals surface area (Å²) in [6.07, 6.45) is 0.994. The normalized spacial score (nSPS) is 18.8. The fraction of sp³-hybridized carbons (Fsp3) is 0.333. The average molecular weight is 233 g/mol. The molecule has 1 heterocycles. The van der Waals surface area contributed by atoms with Crippen LogP contribution in [0.1, 0.15) is 18.4 Å². The molecular formula is C12H15N3O2. The molecule has 1 aromatic carbocycles. The van der Waals surface area contributed by atoms with Gasteiger partial charge in [-0.3, -0.25) is 15.0 Å². The summed E-state index contributed by atoms with van der Waals surface area (Å²) in [6.45, 7) is 0.563. The maximum absolute atomic E-state index is 11.6. The molecule has 0 aliphatic carbocycles. The molecular weight excluding hydrogens is 218 g/mol. The van der Waals surface area contributed by atoms with Crippen LogP contribution in [0.15, 0.2) is 30.3 Å². The van der Waals surface area contributed by atoms with Gasteiger partial charge < -0.3 is 5.32 Å². The van der Waals surface area contributed by atoms with Crippen LogP contribution < -0.4 is 16.2 Å². The van der Waals surface area contributed by atoms with E-state index in [4.69, 9.17) is 0 Å². The highest BCUT2D eigenvalue weighted by Gasteiger charge is 2.26. The number of carbonyl (C=O) groups is 2. The molecule has 1 atom stereocenters. The molecule has 1 unspecified atom stereocenters. The Kier molecular flexibility index (Phi) is 3.72. The Bertz CT molecular complexity index is 405. The third-order valence-corrected chi connectivity index (χ3v) is 2.66. The molecule has 90 valence electrons. The van der Waals surface area contributed by atoms with Gasteiger partial charge in [0, 0.05) is 13.0 Å². The second kappa shape index (κ2) is 5.45. The van der Waals surface area contributed by atoms with Crippen LogP contribution in [0.3, 0.4) is 0 Å². The van der Waals surface area contributed by atoms with Crippen molar-refractivity contribution in [2.24, 2.45) is 0 Å². The molecule has 0 radical (unpaired) electrons. The molecule has 1 fully saturated rings. The summed E-state index contributed by atoms with van der Waals surface area (Å²) in [4.78, 5) is 22.5. The number of nitrogens with one attached hydrogen (secondary N) is 3. The van der Waals surface area contributed by atoms with Gasteiger partial charge in [0.15, 0.2) is 0 Å². The van der Waals surface area contributed by atoms with Crippen molar-refractivity contribution in [2.45, 2.75) is 25.4 Å². The molecule has 17 heavy (non-hydrogen) atoms. The van der Waals surface area contributed by atoms with Crippen LogP contribution in [-0.4, -0.2) is 17.9 Å². The summed E-state index contributed by atoms with van der Waals surface area (Å²) in [5, 5.41) is 2.61. The van der Waals surface area contributed by atoms with Gasteiger partial charge in [0.1, 0.15) is 6.04 Å². The van der Waals surface area contributed by atoms with Gasteiger partial charge in [0.05, 0.1) is 0 Å². The second-order valence-electron chi connectivity index (χ2n) is 3.99. The minimum atomic E-state index is -0.397. The number of hydrogen-bond acceptors (Lipinski definition) is 3. The van der Waals surface area contributed by atoms with Crippen molar-refractivity contribution >= 4 is 11.8 Å². The van der Waals surface area contributed by atoms with Crippen molar-refractivity contribution in [3.05, 3.63) is 35.9 Å². The molecule has 3 N–H and O–H groups in total. The summed E-state index contributed by atoms with van der Waals surface area (Å²) in [5.74, 6) is -0.250. The zero-order chi connectivity index (χ0) is 12.1. The van der Waals surface area contributed by atoms with E-state index in [1.807, 2.05) is 30.3 Å².